The van der Waals surface area contributed by atoms with Gasteiger partial charge in [0, 0.05) is 6.21 Å². The Labute approximate surface area is 112 Å². The minimum Gasteiger partial charge on any atom is -0.492 e. The van der Waals surface area contributed by atoms with Crippen LogP contribution in [0.2, 0.25) is 0 Å². The molecule has 0 spiro atoms. The molecule has 94 valence electrons. The Kier molecular flexibility index (Phi) is 4.30. The number of para-hydroxylation sites is 2. The summed E-state index contributed by atoms with van der Waals surface area (Å²) in [6.45, 7) is 2.56. The number of hydrogen-bond donors (Lipinski definition) is 0. The van der Waals surface area contributed by atoms with Gasteiger partial charge < -0.3 is 4.74 Å². The highest BCUT2D eigenvalue weighted by Gasteiger charge is 1.99. The van der Waals surface area contributed by atoms with Gasteiger partial charge in [0.1, 0.15) is 11.4 Å². The van der Waals surface area contributed by atoms with Crippen LogP contribution in [0.4, 0.5) is 5.69 Å². The molecule has 2 aromatic carbocycles. The summed E-state index contributed by atoms with van der Waals surface area (Å²) in [5, 5.41) is 8.73. The molecule has 0 N–H and O–H groups in total. The average molecular weight is 250 g/mol. The molecule has 0 aliphatic carbocycles. The molecule has 0 radical (unpaired) electrons. The highest BCUT2D eigenvalue weighted by atomic mass is 16.5. The molecule has 0 bridgehead atoms. The largest absolute Gasteiger partial charge is 0.492 e. The number of ether oxygens (including phenoxy) is 1. The van der Waals surface area contributed by atoms with Gasteiger partial charge in [0.2, 0.25) is 0 Å². The second kappa shape index (κ2) is 6.36. The Morgan fingerprint density at radius 2 is 1.89 bits per heavy atom. The van der Waals surface area contributed by atoms with Gasteiger partial charge in [0.25, 0.3) is 0 Å². The molecule has 2 aromatic rings. The van der Waals surface area contributed by atoms with E-state index in [1.807, 2.05) is 43.3 Å². The standard InChI is InChI=1S/C16H14N2O/c1-2-19-16-6-4-3-5-15(16)18-12-14-9-7-13(11-17)8-10-14/h3-10,12H,2H2,1H3. The highest BCUT2D eigenvalue weighted by Crippen LogP contribution is 2.26. The van der Waals surface area contributed by atoms with Crippen molar-refractivity contribution in [3.8, 4) is 11.8 Å². The van der Waals surface area contributed by atoms with E-state index in [1.165, 1.54) is 0 Å². The van der Waals surface area contributed by atoms with Gasteiger partial charge in [0.15, 0.2) is 0 Å². The molecular formula is C16H14N2O. The SMILES string of the molecule is CCOc1ccccc1N=Cc1ccc(C#N)cc1. The maximum atomic E-state index is 8.73. The molecule has 0 aliphatic heterocycles. The van der Waals surface area contributed by atoms with Crippen LogP contribution in [0.15, 0.2) is 53.5 Å². The van der Waals surface area contributed by atoms with Crippen LogP contribution in [0.3, 0.4) is 0 Å². The van der Waals surface area contributed by atoms with Crippen LogP contribution in [0.25, 0.3) is 0 Å². The lowest BCUT2D eigenvalue weighted by Crippen LogP contribution is -1.91. The van der Waals surface area contributed by atoms with Crippen molar-refractivity contribution in [2.45, 2.75) is 6.92 Å². The van der Waals surface area contributed by atoms with Crippen molar-refractivity contribution in [2.24, 2.45) is 4.99 Å². The fourth-order valence-corrected chi connectivity index (χ4v) is 1.63. The summed E-state index contributed by atoms with van der Waals surface area (Å²) in [5.74, 6) is 0.773. The fraction of sp³-hybridized carbons (Fsp3) is 0.125. The molecule has 0 heterocycles. The summed E-state index contributed by atoms with van der Waals surface area (Å²) in [6.07, 6.45) is 1.76. The Bertz CT molecular complexity index is 609. The van der Waals surface area contributed by atoms with Crippen LogP contribution < -0.4 is 4.74 Å². The molecule has 0 aromatic heterocycles. The molecule has 3 nitrogen and oxygen atoms in total. The molecular weight excluding hydrogens is 236 g/mol. The third kappa shape index (κ3) is 3.43. The minimum absolute atomic E-state index is 0.614. The van der Waals surface area contributed by atoms with Crippen molar-refractivity contribution in [3.63, 3.8) is 0 Å². The van der Waals surface area contributed by atoms with Gasteiger partial charge in [-0.05, 0) is 36.8 Å². The molecule has 3 heteroatoms. The van der Waals surface area contributed by atoms with Crippen LogP contribution in [0.5, 0.6) is 5.75 Å². The lowest BCUT2D eigenvalue weighted by molar-refractivity contribution is 0.341. The lowest BCUT2D eigenvalue weighted by Gasteiger charge is -2.05. The van der Waals surface area contributed by atoms with Crippen LogP contribution >= 0.6 is 0 Å². The van der Waals surface area contributed by atoms with Crippen LogP contribution in [-0.2, 0) is 0 Å². The van der Waals surface area contributed by atoms with Crippen molar-refractivity contribution in [1.29, 1.82) is 5.26 Å². The molecule has 0 fully saturated rings. The van der Waals surface area contributed by atoms with Gasteiger partial charge in [-0.1, -0.05) is 24.3 Å². The second-order valence-electron chi connectivity index (χ2n) is 3.89. The summed E-state index contributed by atoms with van der Waals surface area (Å²) in [6, 6.07) is 17.0. The quantitative estimate of drug-likeness (QED) is 0.776. The first-order valence-electron chi connectivity index (χ1n) is 6.09. The van der Waals surface area contributed by atoms with E-state index in [9.17, 15) is 0 Å². The summed E-state index contributed by atoms with van der Waals surface area (Å²) >= 11 is 0. The van der Waals surface area contributed by atoms with E-state index in [4.69, 9.17) is 10.00 Å². The maximum absolute atomic E-state index is 8.73. The van der Waals surface area contributed by atoms with Crippen molar-refractivity contribution in [1.82, 2.24) is 0 Å². The summed E-state index contributed by atoms with van der Waals surface area (Å²) in [5.41, 5.74) is 2.39. The number of benzene rings is 2. The zero-order chi connectivity index (χ0) is 13.5. The lowest BCUT2D eigenvalue weighted by atomic mass is 10.2. The first-order valence-corrected chi connectivity index (χ1v) is 6.09. The van der Waals surface area contributed by atoms with E-state index in [-0.39, 0.29) is 0 Å². The topological polar surface area (TPSA) is 45.4 Å². The Morgan fingerprint density at radius 3 is 2.58 bits per heavy atom. The number of rotatable bonds is 4. The van der Waals surface area contributed by atoms with E-state index in [0.29, 0.717) is 12.2 Å². The molecule has 0 unspecified atom stereocenters. The van der Waals surface area contributed by atoms with E-state index < -0.39 is 0 Å². The van der Waals surface area contributed by atoms with Crippen LogP contribution in [0, 0.1) is 11.3 Å². The molecule has 0 saturated carbocycles. The normalized spacial score (nSPS) is 10.3. The molecule has 0 atom stereocenters. The van der Waals surface area contributed by atoms with Gasteiger partial charge in [-0.2, -0.15) is 5.26 Å². The highest BCUT2D eigenvalue weighted by molar-refractivity contribution is 5.82. The smallest absolute Gasteiger partial charge is 0.144 e. The fourth-order valence-electron chi connectivity index (χ4n) is 1.63. The monoisotopic (exact) mass is 250 g/mol. The second-order valence-corrected chi connectivity index (χ2v) is 3.89. The van der Waals surface area contributed by atoms with E-state index >= 15 is 0 Å². The van der Waals surface area contributed by atoms with Crippen molar-refractivity contribution < 1.29 is 4.74 Å². The first-order chi connectivity index (χ1) is 9.33. The molecule has 2 rings (SSSR count). The van der Waals surface area contributed by atoms with E-state index in [0.717, 1.165) is 17.0 Å². The Hall–Kier alpha value is -2.60. The summed E-state index contributed by atoms with van der Waals surface area (Å²) in [7, 11) is 0. The molecule has 19 heavy (non-hydrogen) atoms. The average Bonchev–Trinajstić information content (AvgIpc) is 2.47. The molecule has 0 saturated heterocycles. The van der Waals surface area contributed by atoms with E-state index in [1.54, 1.807) is 18.3 Å². The van der Waals surface area contributed by atoms with Crippen LogP contribution in [0.1, 0.15) is 18.1 Å². The van der Waals surface area contributed by atoms with Crippen molar-refractivity contribution >= 4 is 11.9 Å². The van der Waals surface area contributed by atoms with Gasteiger partial charge in [-0.25, -0.2) is 0 Å². The van der Waals surface area contributed by atoms with Gasteiger partial charge in [-0.15, -0.1) is 0 Å². The van der Waals surface area contributed by atoms with Crippen molar-refractivity contribution in [2.75, 3.05) is 6.61 Å². The van der Waals surface area contributed by atoms with Crippen LogP contribution in [-0.4, -0.2) is 12.8 Å². The number of nitriles is 1. The summed E-state index contributed by atoms with van der Waals surface area (Å²) < 4.78 is 5.51. The van der Waals surface area contributed by atoms with Gasteiger partial charge in [0.05, 0.1) is 18.2 Å². The number of hydrogen-bond acceptors (Lipinski definition) is 3. The Balaban J connectivity index is 2.20. The maximum Gasteiger partial charge on any atom is 0.144 e. The van der Waals surface area contributed by atoms with Crippen molar-refractivity contribution in [3.05, 3.63) is 59.7 Å². The molecule has 0 aliphatic rings. The number of aliphatic imine (C=N–C) groups is 1. The minimum atomic E-state index is 0.614. The van der Waals surface area contributed by atoms with E-state index in [2.05, 4.69) is 11.1 Å². The van der Waals surface area contributed by atoms with Gasteiger partial charge >= 0.3 is 0 Å². The predicted octanol–water partition coefficient (Wildman–Crippen LogP) is 3.71. The third-order valence-corrected chi connectivity index (χ3v) is 2.56. The van der Waals surface area contributed by atoms with Gasteiger partial charge in [-0.3, -0.25) is 4.99 Å². The third-order valence-electron chi connectivity index (χ3n) is 2.56. The Morgan fingerprint density at radius 1 is 1.16 bits per heavy atom. The predicted molar refractivity (Wildman–Crippen MR) is 76.0 cm³/mol. The zero-order valence-corrected chi connectivity index (χ0v) is 10.7. The molecule has 0 amide bonds. The zero-order valence-electron chi connectivity index (χ0n) is 10.7. The number of nitrogens with zero attached hydrogens (tertiary/aromatic N) is 2. The first kappa shape index (κ1) is 12.8. The summed E-state index contributed by atoms with van der Waals surface area (Å²) in [4.78, 5) is 4.42.